The van der Waals surface area contributed by atoms with Crippen LogP contribution in [0.15, 0.2) is 36.5 Å². The maximum absolute atomic E-state index is 12.6. The SMILES string of the molecule is Cc1nccc(O[C@@H]2C(=O)N(C)[C@@H]3CN(Cc4ccc(Cl)cc4)C[C@H]23)n1. The summed E-state index contributed by atoms with van der Waals surface area (Å²) in [7, 11) is 1.86. The molecule has 0 N–H and O–H groups in total. The molecule has 2 aromatic rings. The molecule has 0 aliphatic carbocycles. The fourth-order valence-electron chi connectivity index (χ4n) is 3.89. The van der Waals surface area contributed by atoms with Crippen molar-refractivity contribution in [2.75, 3.05) is 20.1 Å². The van der Waals surface area contributed by atoms with Crippen molar-refractivity contribution < 1.29 is 9.53 Å². The van der Waals surface area contributed by atoms with E-state index in [2.05, 4.69) is 14.9 Å². The summed E-state index contributed by atoms with van der Waals surface area (Å²) < 4.78 is 5.98. The number of nitrogens with zero attached hydrogens (tertiary/aromatic N) is 4. The van der Waals surface area contributed by atoms with Gasteiger partial charge in [0.05, 0.1) is 6.04 Å². The van der Waals surface area contributed by atoms with Gasteiger partial charge in [-0.05, 0) is 24.6 Å². The maximum Gasteiger partial charge on any atom is 0.264 e. The second kappa shape index (κ2) is 6.85. The van der Waals surface area contributed by atoms with Crippen LogP contribution in [0.25, 0.3) is 0 Å². The number of carbonyl (C=O) groups is 1. The summed E-state index contributed by atoms with van der Waals surface area (Å²) in [5.41, 5.74) is 1.22. The van der Waals surface area contributed by atoms with Gasteiger partial charge in [-0.2, -0.15) is 4.98 Å². The molecule has 0 radical (unpaired) electrons. The fraction of sp³-hybridized carbons (Fsp3) is 0.421. The number of likely N-dealkylation sites (N-methyl/N-ethyl adjacent to an activating group) is 1. The van der Waals surface area contributed by atoms with E-state index < -0.39 is 6.10 Å². The Morgan fingerprint density at radius 2 is 2.00 bits per heavy atom. The highest BCUT2D eigenvalue weighted by atomic mass is 35.5. The first-order valence-electron chi connectivity index (χ1n) is 8.71. The van der Waals surface area contributed by atoms with Crippen molar-refractivity contribution in [1.82, 2.24) is 19.8 Å². The Hall–Kier alpha value is -2.18. The Morgan fingerprint density at radius 1 is 1.23 bits per heavy atom. The summed E-state index contributed by atoms with van der Waals surface area (Å²) in [5, 5.41) is 0.742. The summed E-state index contributed by atoms with van der Waals surface area (Å²) >= 11 is 5.96. The van der Waals surface area contributed by atoms with Crippen LogP contribution in [0.1, 0.15) is 11.4 Å². The van der Waals surface area contributed by atoms with Crippen molar-refractivity contribution in [2.45, 2.75) is 25.6 Å². The second-order valence-corrected chi connectivity index (χ2v) is 7.42. The number of hydrogen-bond donors (Lipinski definition) is 0. The quantitative estimate of drug-likeness (QED) is 0.823. The predicted octanol–water partition coefficient (Wildman–Crippen LogP) is 2.16. The smallest absolute Gasteiger partial charge is 0.264 e. The van der Waals surface area contributed by atoms with Gasteiger partial charge >= 0.3 is 0 Å². The van der Waals surface area contributed by atoms with E-state index in [1.54, 1.807) is 12.3 Å². The number of aryl methyl sites for hydroxylation is 1. The third-order valence-electron chi connectivity index (χ3n) is 5.20. The van der Waals surface area contributed by atoms with Gasteiger partial charge in [-0.1, -0.05) is 23.7 Å². The number of benzene rings is 1. The lowest BCUT2D eigenvalue weighted by Gasteiger charge is -2.22. The molecule has 6 nitrogen and oxygen atoms in total. The third kappa shape index (κ3) is 3.27. The minimum Gasteiger partial charge on any atom is -0.464 e. The molecule has 1 aromatic heterocycles. The van der Waals surface area contributed by atoms with E-state index in [4.69, 9.17) is 16.3 Å². The molecule has 2 fully saturated rings. The number of halogens is 1. The van der Waals surface area contributed by atoms with E-state index in [0.29, 0.717) is 11.7 Å². The van der Waals surface area contributed by atoms with Crippen molar-refractivity contribution in [1.29, 1.82) is 0 Å². The zero-order valence-electron chi connectivity index (χ0n) is 14.8. The first-order valence-corrected chi connectivity index (χ1v) is 9.09. The molecule has 0 bridgehead atoms. The van der Waals surface area contributed by atoms with Gasteiger partial charge in [0.1, 0.15) is 5.82 Å². The van der Waals surface area contributed by atoms with E-state index >= 15 is 0 Å². The van der Waals surface area contributed by atoms with E-state index in [1.807, 2.05) is 43.1 Å². The molecule has 1 aromatic carbocycles. The molecule has 3 heterocycles. The number of rotatable bonds is 4. The Labute approximate surface area is 157 Å². The number of hydrogen-bond acceptors (Lipinski definition) is 5. The number of ether oxygens (including phenoxy) is 1. The van der Waals surface area contributed by atoms with Crippen LogP contribution in [0.2, 0.25) is 5.02 Å². The van der Waals surface area contributed by atoms with Crippen molar-refractivity contribution >= 4 is 17.5 Å². The lowest BCUT2D eigenvalue weighted by Crippen LogP contribution is -2.37. The molecule has 2 aliphatic heterocycles. The zero-order valence-corrected chi connectivity index (χ0v) is 15.6. The van der Waals surface area contributed by atoms with Crippen molar-refractivity contribution in [3.05, 3.63) is 52.9 Å². The van der Waals surface area contributed by atoms with Gasteiger partial charge in [-0.3, -0.25) is 9.69 Å². The number of likely N-dealkylation sites (tertiary alicyclic amines) is 2. The first-order chi connectivity index (χ1) is 12.5. The highest BCUT2D eigenvalue weighted by Crippen LogP contribution is 2.34. The minimum atomic E-state index is -0.491. The van der Waals surface area contributed by atoms with Gasteiger partial charge in [0.25, 0.3) is 5.91 Å². The van der Waals surface area contributed by atoms with Crippen LogP contribution in [0, 0.1) is 12.8 Å². The van der Waals surface area contributed by atoms with Crippen LogP contribution < -0.4 is 4.74 Å². The Kier molecular flexibility index (Phi) is 4.54. The third-order valence-corrected chi connectivity index (χ3v) is 5.46. The Balaban J connectivity index is 1.48. The molecule has 2 saturated heterocycles. The van der Waals surface area contributed by atoms with Crippen LogP contribution in [-0.4, -0.2) is 58.0 Å². The summed E-state index contributed by atoms with van der Waals surface area (Å²) in [4.78, 5) is 25.2. The lowest BCUT2D eigenvalue weighted by atomic mass is 10.0. The highest BCUT2D eigenvalue weighted by molar-refractivity contribution is 6.30. The van der Waals surface area contributed by atoms with Gasteiger partial charge in [0, 0.05) is 49.9 Å². The van der Waals surface area contributed by atoms with Crippen LogP contribution in [0.5, 0.6) is 5.88 Å². The van der Waals surface area contributed by atoms with E-state index in [0.717, 1.165) is 24.7 Å². The number of aromatic nitrogens is 2. The summed E-state index contributed by atoms with van der Waals surface area (Å²) in [6.07, 6.45) is 1.16. The molecular formula is C19H21ClN4O2. The average molecular weight is 373 g/mol. The minimum absolute atomic E-state index is 0.0300. The monoisotopic (exact) mass is 372 g/mol. The maximum atomic E-state index is 12.6. The first kappa shape index (κ1) is 17.2. The van der Waals surface area contributed by atoms with Crippen LogP contribution in [0.4, 0.5) is 0 Å². The standard InChI is InChI=1S/C19H21ClN4O2/c1-12-21-8-7-17(22-12)26-18-15-10-24(11-16(15)23(2)19(18)25)9-13-3-5-14(20)6-4-13/h3-8,15-16,18H,9-11H2,1-2H3/t15-,16+,18-/m0/s1. The fourth-order valence-corrected chi connectivity index (χ4v) is 4.02. The van der Waals surface area contributed by atoms with Crippen molar-refractivity contribution in [3.8, 4) is 5.88 Å². The van der Waals surface area contributed by atoms with Crippen molar-refractivity contribution in [3.63, 3.8) is 0 Å². The van der Waals surface area contributed by atoms with Crippen LogP contribution in [0.3, 0.4) is 0 Å². The van der Waals surface area contributed by atoms with E-state index in [1.165, 1.54) is 5.56 Å². The highest BCUT2D eigenvalue weighted by Gasteiger charge is 2.52. The van der Waals surface area contributed by atoms with Crippen molar-refractivity contribution in [2.24, 2.45) is 5.92 Å². The molecule has 26 heavy (non-hydrogen) atoms. The molecular weight excluding hydrogens is 352 g/mol. The number of fused-ring (bicyclic) bond motifs is 1. The Morgan fingerprint density at radius 3 is 2.73 bits per heavy atom. The normalized spacial score (nSPS) is 25.6. The zero-order chi connectivity index (χ0) is 18.3. The van der Waals surface area contributed by atoms with E-state index in [9.17, 15) is 4.79 Å². The largest absolute Gasteiger partial charge is 0.464 e. The van der Waals surface area contributed by atoms with Gasteiger partial charge in [0.2, 0.25) is 5.88 Å². The number of amides is 1. The summed E-state index contributed by atoms with van der Waals surface area (Å²) in [5.74, 6) is 1.26. The van der Waals surface area contributed by atoms with Gasteiger partial charge in [-0.15, -0.1) is 0 Å². The second-order valence-electron chi connectivity index (χ2n) is 6.98. The van der Waals surface area contributed by atoms with Crippen LogP contribution >= 0.6 is 11.6 Å². The van der Waals surface area contributed by atoms with Gasteiger partial charge < -0.3 is 9.64 Å². The molecule has 0 unspecified atom stereocenters. The molecule has 0 spiro atoms. The predicted molar refractivity (Wildman–Crippen MR) is 98.0 cm³/mol. The Bertz CT molecular complexity index is 813. The molecule has 7 heteroatoms. The molecule has 0 saturated carbocycles. The topological polar surface area (TPSA) is 58.6 Å². The average Bonchev–Trinajstić information content (AvgIpc) is 3.11. The molecule has 136 valence electrons. The molecule has 4 rings (SSSR count). The lowest BCUT2D eigenvalue weighted by molar-refractivity contribution is -0.134. The van der Waals surface area contributed by atoms with Gasteiger partial charge in [0.15, 0.2) is 6.10 Å². The van der Waals surface area contributed by atoms with E-state index in [-0.39, 0.29) is 17.9 Å². The van der Waals surface area contributed by atoms with Gasteiger partial charge in [-0.25, -0.2) is 4.98 Å². The molecule has 2 aliphatic rings. The summed E-state index contributed by atoms with van der Waals surface area (Å²) in [6.45, 7) is 4.31. The molecule has 1 amide bonds. The van der Waals surface area contributed by atoms with Crippen LogP contribution in [-0.2, 0) is 11.3 Å². The number of carbonyl (C=O) groups excluding carboxylic acids is 1. The molecule has 3 atom stereocenters. The summed E-state index contributed by atoms with van der Waals surface area (Å²) in [6, 6.07) is 9.78.